The van der Waals surface area contributed by atoms with E-state index in [1.165, 1.54) is 6.07 Å². The molecule has 9 heteroatoms. The van der Waals surface area contributed by atoms with Crippen LogP contribution in [0.25, 0.3) is 0 Å². The number of Topliss-reactive ketones (excluding diaryl/α,β-unsaturated/α-hetero) is 1. The van der Waals surface area contributed by atoms with Crippen molar-refractivity contribution in [2.75, 3.05) is 0 Å². The zero-order valence-electron chi connectivity index (χ0n) is 10.2. The smallest absolute Gasteiger partial charge is 0.339 e. The minimum Gasteiger partial charge on any atom is -0.339 e. The van der Waals surface area contributed by atoms with Crippen molar-refractivity contribution in [3.63, 3.8) is 0 Å². The van der Waals surface area contributed by atoms with Crippen molar-refractivity contribution in [1.29, 1.82) is 0 Å². The summed E-state index contributed by atoms with van der Waals surface area (Å²) >= 11 is 11.7. The second-order valence-corrected chi connectivity index (χ2v) is 4.96. The lowest BCUT2D eigenvalue weighted by Gasteiger charge is -2.01. The summed E-state index contributed by atoms with van der Waals surface area (Å²) in [5.41, 5.74) is 0.635. The molecule has 0 radical (unpaired) electrons. The number of hydrogen-bond acceptors (Lipinski definition) is 4. The Kier molecular flexibility index (Phi) is 4.53. The number of ketones is 1. The number of carbonyl (C=O) groups excluding carboxylic acids is 1. The van der Waals surface area contributed by atoms with Gasteiger partial charge in [0.15, 0.2) is 5.82 Å². The normalized spacial score (nSPS) is 11.7. The van der Waals surface area contributed by atoms with Gasteiger partial charge in [0, 0.05) is 16.5 Å². The van der Waals surface area contributed by atoms with E-state index in [1.54, 1.807) is 12.1 Å². The molecule has 0 unspecified atom stereocenters. The first-order chi connectivity index (χ1) is 9.75. The summed E-state index contributed by atoms with van der Waals surface area (Å²) < 4.78 is 40.9. The van der Waals surface area contributed by atoms with Crippen LogP contribution in [0.2, 0.25) is 10.0 Å². The summed E-state index contributed by atoms with van der Waals surface area (Å²) in [6, 6.07) is 4.77. The lowest BCUT2D eigenvalue weighted by molar-refractivity contribution is -0.170. The van der Waals surface area contributed by atoms with E-state index in [0.29, 0.717) is 15.6 Å². The molecule has 0 aliphatic heterocycles. The molecule has 21 heavy (non-hydrogen) atoms. The van der Waals surface area contributed by atoms with Crippen molar-refractivity contribution in [3.05, 3.63) is 45.5 Å². The molecule has 1 aromatic carbocycles. The van der Waals surface area contributed by atoms with E-state index in [0.717, 1.165) is 0 Å². The summed E-state index contributed by atoms with van der Waals surface area (Å²) in [4.78, 5) is 14.5. The lowest BCUT2D eigenvalue weighted by atomic mass is 10.1. The molecular formula is C12H7Cl2F3N2O2. The Morgan fingerprint density at radius 3 is 2.62 bits per heavy atom. The average molecular weight is 339 g/mol. The van der Waals surface area contributed by atoms with Crippen LogP contribution < -0.4 is 0 Å². The van der Waals surface area contributed by atoms with Crippen molar-refractivity contribution in [2.45, 2.75) is 19.0 Å². The summed E-state index contributed by atoms with van der Waals surface area (Å²) in [6.45, 7) is 0. The Morgan fingerprint density at radius 1 is 1.29 bits per heavy atom. The van der Waals surface area contributed by atoms with Crippen LogP contribution in [-0.4, -0.2) is 22.1 Å². The number of rotatable bonds is 4. The quantitative estimate of drug-likeness (QED) is 0.853. The molecule has 0 N–H and O–H groups in total. The Hall–Kier alpha value is -1.60. The first kappa shape index (κ1) is 15.8. The van der Waals surface area contributed by atoms with Gasteiger partial charge in [0.25, 0.3) is 0 Å². The zero-order chi connectivity index (χ0) is 15.6. The largest absolute Gasteiger partial charge is 0.450 e. The fourth-order valence-electron chi connectivity index (χ4n) is 1.51. The molecule has 0 bridgehead atoms. The highest BCUT2D eigenvalue weighted by molar-refractivity contribution is 6.35. The molecule has 0 saturated carbocycles. The van der Waals surface area contributed by atoms with Crippen LogP contribution in [0.4, 0.5) is 13.2 Å². The first-order valence-corrected chi connectivity index (χ1v) is 6.36. The molecule has 0 amide bonds. The van der Waals surface area contributed by atoms with Gasteiger partial charge in [-0.05, 0) is 17.7 Å². The number of halogens is 5. The van der Waals surface area contributed by atoms with Crippen LogP contribution in [0.1, 0.15) is 17.3 Å². The summed E-state index contributed by atoms with van der Waals surface area (Å²) in [7, 11) is 0. The van der Waals surface area contributed by atoms with Gasteiger partial charge in [-0.3, -0.25) is 4.79 Å². The monoisotopic (exact) mass is 338 g/mol. The van der Waals surface area contributed by atoms with Crippen LogP contribution in [0.15, 0.2) is 22.7 Å². The van der Waals surface area contributed by atoms with Crippen LogP contribution in [0.5, 0.6) is 0 Å². The number of carbonyl (C=O) groups is 1. The fraction of sp³-hybridized carbons (Fsp3) is 0.250. The fourth-order valence-corrected chi connectivity index (χ4v) is 1.98. The third-order valence-corrected chi connectivity index (χ3v) is 3.09. The topological polar surface area (TPSA) is 56.0 Å². The molecule has 2 aromatic rings. The highest BCUT2D eigenvalue weighted by Gasteiger charge is 2.39. The predicted molar refractivity (Wildman–Crippen MR) is 68.3 cm³/mol. The number of hydrogen-bond donors (Lipinski definition) is 0. The minimum atomic E-state index is -4.92. The van der Waals surface area contributed by atoms with Crippen LogP contribution >= 0.6 is 23.2 Å². The van der Waals surface area contributed by atoms with E-state index >= 15 is 0 Å². The second-order valence-electron chi connectivity index (χ2n) is 4.11. The van der Waals surface area contributed by atoms with Crippen molar-refractivity contribution in [3.8, 4) is 0 Å². The lowest BCUT2D eigenvalue weighted by Crippen LogP contribution is -2.24. The molecule has 0 fully saturated rings. The molecule has 0 atom stereocenters. The van der Waals surface area contributed by atoms with Crippen molar-refractivity contribution in [1.82, 2.24) is 10.1 Å². The summed E-state index contributed by atoms with van der Waals surface area (Å²) in [6.07, 6.45) is -5.75. The maximum atomic E-state index is 12.1. The van der Waals surface area contributed by atoms with E-state index < -0.39 is 24.3 Å². The number of alkyl halides is 3. The Labute approximate surface area is 126 Å². The molecule has 0 aliphatic carbocycles. The second kappa shape index (κ2) is 6.03. The number of benzene rings is 1. The molecule has 0 spiro atoms. The Bertz CT molecular complexity index is 671. The van der Waals surface area contributed by atoms with Gasteiger partial charge in [-0.15, -0.1) is 0 Å². The molecule has 112 valence electrons. The van der Waals surface area contributed by atoms with E-state index in [2.05, 4.69) is 14.7 Å². The van der Waals surface area contributed by atoms with Gasteiger partial charge in [0.1, 0.15) is 0 Å². The Morgan fingerprint density at radius 2 is 2.00 bits per heavy atom. The predicted octanol–water partition coefficient (Wildman–Crippen LogP) is 3.64. The van der Waals surface area contributed by atoms with Gasteiger partial charge < -0.3 is 4.52 Å². The number of aromatic nitrogens is 2. The highest BCUT2D eigenvalue weighted by atomic mass is 35.5. The van der Waals surface area contributed by atoms with Gasteiger partial charge in [-0.25, -0.2) is 0 Å². The molecule has 2 rings (SSSR count). The van der Waals surface area contributed by atoms with Gasteiger partial charge in [-0.1, -0.05) is 34.4 Å². The summed E-state index contributed by atoms with van der Waals surface area (Å²) in [5.74, 6) is -2.20. The molecule has 4 nitrogen and oxygen atoms in total. The summed E-state index contributed by atoms with van der Waals surface area (Å²) in [5, 5.41) is 4.34. The van der Waals surface area contributed by atoms with Gasteiger partial charge >= 0.3 is 6.18 Å². The molecule has 1 heterocycles. The first-order valence-electron chi connectivity index (χ1n) is 5.61. The van der Waals surface area contributed by atoms with Gasteiger partial charge in [-0.2, -0.15) is 18.2 Å². The standard InChI is InChI=1S/C12H7Cl2F3N2O2/c13-7-2-1-6(8(14)4-7)3-10-18-11(21-19-10)5-9(20)12(15,16)17/h1-2,4H,3,5H2. The van der Waals surface area contributed by atoms with E-state index in [4.69, 9.17) is 23.2 Å². The average Bonchev–Trinajstić information content (AvgIpc) is 2.79. The van der Waals surface area contributed by atoms with Crippen LogP contribution in [0, 0.1) is 0 Å². The van der Waals surface area contributed by atoms with E-state index in [9.17, 15) is 18.0 Å². The molecule has 1 aromatic heterocycles. The third kappa shape index (κ3) is 4.18. The highest BCUT2D eigenvalue weighted by Crippen LogP contribution is 2.23. The third-order valence-electron chi connectivity index (χ3n) is 2.50. The van der Waals surface area contributed by atoms with Gasteiger partial charge in [0.2, 0.25) is 11.7 Å². The van der Waals surface area contributed by atoms with E-state index in [1.807, 2.05) is 0 Å². The molecule has 0 aliphatic rings. The van der Waals surface area contributed by atoms with Crippen LogP contribution in [0.3, 0.4) is 0 Å². The van der Waals surface area contributed by atoms with Crippen molar-refractivity contribution < 1.29 is 22.5 Å². The van der Waals surface area contributed by atoms with Gasteiger partial charge in [0.05, 0.1) is 6.42 Å². The zero-order valence-corrected chi connectivity index (χ0v) is 11.8. The van der Waals surface area contributed by atoms with E-state index in [-0.39, 0.29) is 12.2 Å². The Balaban J connectivity index is 2.08. The van der Waals surface area contributed by atoms with Crippen molar-refractivity contribution >= 4 is 29.0 Å². The maximum Gasteiger partial charge on any atom is 0.450 e. The maximum absolute atomic E-state index is 12.1. The van der Waals surface area contributed by atoms with Crippen molar-refractivity contribution in [2.24, 2.45) is 0 Å². The molecular weight excluding hydrogens is 332 g/mol. The molecule has 0 saturated heterocycles. The SMILES string of the molecule is O=C(Cc1nc(Cc2ccc(Cl)cc2Cl)no1)C(F)(F)F. The van der Waals surface area contributed by atoms with Crippen LogP contribution in [-0.2, 0) is 17.6 Å². The minimum absolute atomic E-state index is 0.129. The number of nitrogens with zero attached hydrogens (tertiary/aromatic N) is 2.